The van der Waals surface area contributed by atoms with E-state index in [1.54, 1.807) is 0 Å². The maximum absolute atomic E-state index is 6.02. The predicted octanol–water partition coefficient (Wildman–Crippen LogP) is 5.78. The third-order valence-electron chi connectivity index (χ3n) is 3.96. The van der Waals surface area contributed by atoms with Crippen molar-refractivity contribution < 1.29 is 4.42 Å². The summed E-state index contributed by atoms with van der Waals surface area (Å²) < 4.78 is 6.02. The van der Waals surface area contributed by atoms with Crippen LogP contribution in [0, 0.1) is 13.8 Å². The van der Waals surface area contributed by atoms with Crippen molar-refractivity contribution in [1.82, 2.24) is 4.98 Å². The van der Waals surface area contributed by atoms with Crippen LogP contribution >= 0.6 is 0 Å². The molecule has 23 heavy (non-hydrogen) atoms. The second kappa shape index (κ2) is 5.40. The van der Waals surface area contributed by atoms with Gasteiger partial charge in [0.15, 0.2) is 0 Å². The van der Waals surface area contributed by atoms with Gasteiger partial charge < -0.3 is 4.42 Å². The summed E-state index contributed by atoms with van der Waals surface area (Å²) in [6, 6.07) is 22.8. The Bertz CT molecular complexity index is 963. The molecule has 2 heteroatoms. The van der Waals surface area contributed by atoms with Gasteiger partial charge in [-0.1, -0.05) is 47.5 Å². The molecule has 0 aliphatic carbocycles. The molecule has 2 heterocycles. The van der Waals surface area contributed by atoms with Crippen LogP contribution in [0.4, 0.5) is 0 Å². The van der Waals surface area contributed by atoms with Crippen LogP contribution in [0.5, 0.6) is 0 Å². The molecule has 4 rings (SSSR count). The fourth-order valence-corrected chi connectivity index (χ4v) is 2.95. The quantitative estimate of drug-likeness (QED) is 0.469. The number of benzene rings is 2. The Morgan fingerprint density at radius 1 is 0.739 bits per heavy atom. The molecule has 0 spiro atoms. The maximum atomic E-state index is 6.02. The van der Waals surface area contributed by atoms with Gasteiger partial charge in [0.25, 0.3) is 0 Å². The summed E-state index contributed by atoms with van der Waals surface area (Å²) in [5, 5.41) is 1.03. The van der Waals surface area contributed by atoms with E-state index in [9.17, 15) is 0 Å². The van der Waals surface area contributed by atoms with Crippen molar-refractivity contribution in [3.05, 3.63) is 77.9 Å². The molecule has 0 fully saturated rings. The fourth-order valence-electron chi connectivity index (χ4n) is 2.95. The molecular formula is C21H17NO. The van der Waals surface area contributed by atoms with Crippen molar-refractivity contribution in [3.63, 3.8) is 0 Å². The minimum atomic E-state index is 0.681. The minimum absolute atomic E-state index is 0.681. The lowest BCUT2D eigenvalue weighted by molar-refractivity contribution is 0.619. The molecule has 0 N–H and O–H groups in total. The summed E-state index contributed by atoms with van der Waals surface area (Å²) >= 11 is 0. The number of pyridine rings is 1. The Kier molecular flexibility index (Phi) is 3.23. The lowest BCUT2D eigenvalue weighted by Gasteiger charge is -2.01. The van der Waals surface area contributed by atoms with E-state index in [0.717, 1.165) is 28.0 Å². The van der Waals surface area contributed by atoms with Crippen LogP contribution in [0.1, 0.15) is 11.1 Å². The molecule has 2 aromatic heterocycles. The average Bonchev–Trinajstić information content (AvgIpc) is 2.98. The van der Waals surface area contributed by atoms with Gasteiger partial charge in [0.05, 0.1) is 5.69 Å². The molecule has 0 aliphatic rings. The zero-order chi connectivity index (χ0) is 15.8. The summed E-state index contributed by atoms with van der Waals surface area (Å²) in [5.41, 5.74) is 6.28. The molecule has 0 radical (unpaired) electrons. The second-order valence-electron chi connectivity index (χ2n) is 5.94. The maximum Gasteiger partial charge on any atom is 0.227 e. The number of hydrogen-bond donors (Lipinski definition) is 0. The molecule has 0 aliphatic heterocycles. The molecule has 0 bridgehead atoms. The molecule has 4 aromatic rings. The first-order chi connectivity index (χ1) is 11.2. The standard InChI is InChI=1S/C21H17NO/c1-14-10-15(2)12-18(11-14)20-13-17-8-9-19(22-21(17)23-20)16-6-4-3-5-7-16/h3-13H,1-2H3. The number of aromatic nitrogens is 1. The highest BCUT2D eigenvalue weighted by atomic mass is 16.3. The summed E-state index contributed by atoms with van der Waals surface area (Å²) in [6.07, 6.45) is 0. The summed E-state index contributed by atoms with van der Waals surface area (Å²) in [5.74, 6) is 0.865. The first-order valence-corrected chi connectivity index (χ1v) is 7.74. The molecular weight excluding hydrogens is 282 g/mol. The van der Waals surface area contributed by atoms with Gasteiger partial charge in [0.2, 0.25) is 5.71 Å². The van der Waals surface area contributed by atoms with Crippen molar-refractivity contribution in [2.45, 2.75) is 13.8 Å². The van der Waals surface area contributed by atoms with Gasteiger partial charge in [-0.2, -0.15) is 0 Å². The molecule has 2 nitrogen and oxygen atoms in total. The van der Waals surface area contributed by atoms with Crippen LogP contribution in [0.25, 0.3) is 33.7 Å². The topological polar surface area (TPSA) is 26.0 Å². The van der Waals surface area contributed by atoms with Gasteiger partial charge in [-0.25, -0.2) is 4.98 Å². The van der Waals surface area contributed by atoms with Gasteiger partial charge in [0.1, 0.15) is 5.76 Å². The summed E-state index contributed by atoms with van der Waals surface area (Å²) in [7, 11) is 0. The van der Waals surface area contributed by atoms with Crippen LogP contribution in [-0.4, -0.2) is 4.98 Å². The molecule has 2 aromatic carbocycles. The first kappa shape index (κ1) is 13.8. The zero-order valence-corrected chi connectivity index (χ0v) is 13.2. The van der Waals surface area contributed by atoms with Crippen LogP contribution < -0.4 is 0 Å². The van der Waals surface area contributed by atoms with E-state index in [4.69, 9.17) is 4.42 Å². The highest BCUT2D eigenvalue weighted by Gasteiger charge is 2.09. The first-order valence-electron chi connectivity index (χ1n) is 7.74. The minimum Gasteiger partial charge on any atom is -0.438 e. The highest BCUT2D eigenvalue weighted by molar-refractivity contribution is 5.82. The Morgan fingerprint density at radius 3 is 2.22 bits per heavy atom. The number of furan rings is 1. The SMILES string of the molecule is Cc1cc(C)cc(-c2cc3ccc(-c4ccccc4)nc3o2)c1. The monoisotopic (exact) mass is 299 g/mol. The van der Waals surface area contributed by atoms with E-state index in [1.807, 2.05) is 24.3 Å². The Hall–Kier alpha value is -2.87. The molecule has 0 amide bonds. The van der Waals surface area contributed by atoms with Gasteiger partial charge in [-0.15, -0.1) is 0 Å². The molecule has 112 valence electrons. The number of hydrogen-bond acceptors (Lipinski definition) is 2. The van der Waals surface area contributed by atoms with Crippen molar-refractivity contribution in [2.24, 2.45) is 0 Å². The zero-order valence-electron chi connectivity index (χ0n) is 13.2. The smallest absolute Gasteiger partial charge is 0.227 e. The highest BCUT2D eigenvalue weighted by Crippen LogP contribution is 2.30. The summed E-state index contributed by atoms with van der Waals surface area (Å²) in [4.78, 5) is 4.67. The van der Waals surface area contributed by atoms with Crippen molar-refractivity contribution in [1.29, 1.82) is 0 Å². The fraction of sp³-hybridized carbons (Fsp3) is 0.0952. The van der Waals surface area contributed by atoms with E-state index < -0.39 is 0 Å². The lowest BCUT2D eigenvalue weighted by Crippen LogP contribution is -1.82. The Labute approximate surface area is 135 Å². The van der Waals surface area contributed by atoms with Crippen LogP contribution in [0.2, 0.25) is 0 Å². The van der Waals surface area contributed by atoms with Gasteiger partial charge in [-0.3, -0.25) is 0 Å². The van der Waals surface area contributed by atoms with Crippen molar-refractivity contribution in [2.75, 3.05) is 0 Å². The molecule has 0 saturated heterocycles. The van der Waals surface area contributed by atoms with Crippen molar-refractivity contribution in [3.8, 4) is 22.6 Å². The number of nitrogens with zero attached hydrogens (tertiary/aromatic N) is 1. The second-order valence-corrected chi connectivity index (χ2v) is 5.94. The third kappa shape index (κ3) is 2.64. The van der Waals surface area contributed by atoms with E-state index in [-0.39, 0.29) is 0 Å². The molecule has 0 atom stereocenters. The van der Waals surface area contributed by atoms with Crippen LogP contribution in [-0.2, 0) is 0 Å². The molecule has 0 saturated carbocycles. The normalized spacial score (nSPS) is 11.0. The largest absolute Gasteiger partial charge is 0.438 e. The van der Waals surface area contributed by atoms with Crippen LogP contribution in [0.3, 0.4) is 0 Å². The predicted molar refractivity (Wildman–Crippen MR) is 94.4 cm³/mol. The lowest BCUT2D eigenvalue weighted by atomic mass is 10.1. The van der Waals surface area contributed by atoms with E-state index in [1.165, 1.54) is 11.1 Å². The van der Waals surface area contributed by atoms with Crippen LogP contribution in [0.15, 0.2) is 71.1 Å². The third-order valence-corrected chi connectivity index (χ3v) is 3.96. The van der Waals surface area contributed by atoms with E-state index >= 15 is 0 Å². The van der Waals surface area contributed by atoms with E-state index in [0.29, 0.717) is 5.71 Å². The Balaban J connectivity index is 1.82. The van der Waals surface area contributed by atoms with Gasteiger partial charge >= 0.3 is 0 Å². The van der Waals surface area contributed by atoms with Crippen molar-refractivity contribution >= 4 is 11.1 Å². The Morgan fingerprint density at radius 2 is 1.48 bits per heavy atom. The average molecular weight is 299 g/mol. The number of aryl methyl sites for hydroxylation is 2. The van der Waals surface area contributed by atoms with E-state index in [2.05, 4.69) is 61.3 Å². The van der Waals surface area contributed by atoms with Gasteiger partial charge in [0, 0.05) is 16.5 Å². The molecule has 0 unspecified atom stereocenters. The number of rotatable bonds is 2. The van der Waals surface area contributed by atoms with Gasteiger partial charge in [-0.05, 0) is 44.2 Å². The summed E-state index contributed by atoms with van der Waals surface area (Å²) in [6.45, 7) is 4.20. The number of fused-ring (bicyclic) bond motifs is 1.